The van der Waals surface area contributed by atoms with Crippen LogP contribution in [0.25, 0.3) is 0 Å². The topological polar surface area (TPSA) is 50.2 Å². The number of carboxylic acids is 1. The maximum atomic E-state index is 11.0. The van der Waals surface area contributed by atoms with Gasteiger partial charge in [0.05, 0.1) is 5.56 Å². The summed E-state index contributed by atoms with van der Waals surface area (Å²) in [5, 5.41) is 9.04. The molecule has 5 heteroatoms. The molecule has 19 heavy (non-hydrogen) atoms. The van der Waals surface area contributed by atoms with Crippen molar-refractivity contribution in [2.45, 2.75) is 11.3 Å². The summed E-state index contributed by atoms with van der Waals surface area (Å²) in [7, 11) is 0. The van der Waals surface area contributed by atoms with Crippen LogP contribution < -0.4 is 0 Å². The third-order valence-electron chi connectivity index (χ3n) is 2.52. The summed E-state index contributed by atoms with van der Waals surface area (Å²) in [6, 6.07) is 11.2. The van der Waals surface area contributed by atoms with Crippen molar-refractivity contribution in [2.75, 3.05) is 5.75 Å². The van der Waals surface area contributed by atoms with Gasteiger partial charge in [0.1, 0.15) is 0 Å². The lowest BCUT2D eigenvalue weighted by atomic mass is 10.2. The average Bonchev–Trinajstić information content (AvgIpc) is 2.41. The molecular formula is C14H12BrNO2S. The summed E-state index contributed by atoms with van der Waals surface area (Å²) in [5.41, 5.74) is 1.34. The van der Waals surface area contributed by atoms with Gasteiger partial charge in [-0.2, -0.15) is 0 Å². The van der Waals surface area contributed by atoms with Crippen molar-refractivity contribution in [3.05, 3.63) is 58.3 Å². The summed E-state index contributed by atoms with van der Waals surface area (Å²) >= 11 is 4.87. The fourth-order valence-electron chi connectivity index (χ4n) is 1.58. The molecule has 0 aliphatic rings. The molecule has 1 aromatic carbocycles. The van der Waals surface area contributed by atoms with Crippen molar-refractivity contribution in [1.82, 2.24) is 4.98 Å². The zero-order valence-corrected chi connectivity index (χ0v) is 12.4. The Hall–Kier alpha value is -1.33. The Morgan fingerprint density at radius 3 is 2.84 bits per heavy atom. The molecule has 0 saturated carbocycles. The lowest BCUT2D eigenvalue weighted by Crippen LogP contribution is -1.98. The van der Waals surface area contributed by atoms with Gasteiger partial charge in [-0.25, -0.2) is 4.79 Å². The molecule has 0 spiro atoms. The molecule has 2 rings (SSSR count). The van der Waals surface area contributed by atoms with Crippen LogP contribution in [0.2, 0.25) is 0 Å². The van der Waals surface area contributed by atoms with Crippen molar-refractivity contribution in [3.8, 4) is 0 Å². The zero-order valence-electron chi connectivity index (χ0n) is 10.0. The fourth-order valence-corrected chi connectivity index (χ4v) is 2.91. The van der Waals surface area contributed by atoms with Crippen molar-refractivity contribution in [3.63, 3.8) is 0 Å². The van der Waals surface area contributed by atoms with E-state index in [-0.39, 0.29) is 0 Å². The van der Waals surface area contributed by atoms with Crippen LogP contribution in [0.4, 0.5) is 0 Å². The van der Waals surface area contributed by atoms with Crippen LogP contribution in [0.3, 0.4) is 0 Å². The Labute approximate surface area is 124 Å². The summed E-state index contributed by atoms with van der Waals surface area (Å²) in [4.78, 5) is 16.2. The summed E-state index contributed by atoms with van der Waals surface area (Å²) < 4.78 is 0.606. The molecule has 1 heterocycles. The number of rotatable bonds is 5. The molecule has 1 aromatic heterocycles. The van der Waals surface area contributed by atoms with Crippen molar-refractivity contribution >= 4 is 33.7 Å². The van der Waals surface area contributed by atoms with E-state index < -0.39 is 5.97 Å². The number of hydrogen-bond acceptors (Lipinski definition) is 3. The molecule has 0 amide bonds. The number of nitrogens with zero attached hydrogens (tertiary/aromatic N) is 1. The minimum atomic E-state index is -0.918. The third kappa shape index (κ3) is 4.08. The van der Waals surface area contributed by atoms with E-state index in [1.54, 1.807) is 30.1 Å². The first-order chi connectivity index (χ1) is 9.16. The van der Waals surface area contributed by atoms with E-state index in [1.165, 1.54) is 0 Å². The number of carboxylic acid groups (broad SMARTS) is 1. The van der Waals surface area contributed by atoms with Crippen LogP contribution in [0.1, 0.15) is 16.1 Å². The van der Waals surface area contributed by atoms with Gasteiger partial charge < -0.3 is 5.11 Å². The second-order valence-electron chi connectivity index (χ2n) is 3.87. The quantitative estimate of drug-likeness (QED) is 0.841. The highest BCUT2D eigenvalue weighted by atomic mass is 79.9. The predicted molar refractivity (Wildman–Crippen MR) is 79.8 cm³/mol. The van der Waals surface area contributed by atoms with Crippen LogP contribution in [0, 0.1) is 0 Å². The molecule has 0 atom stereocenters. The van der Waals surface area contributed by atoms with E-state index in [1.807, 2.05) is 24.3 Å². The van der Waals surface area contributed by atoms with Gasteiger partial charge in [0, 0.05) is 27.0 Å². The molecule has 0 aliphatic heterocycles. The van der Waals surface area contributed by atoms with Gasteiger partial charge in [-0.3, -0.25) is 4.98 Å². The number of carbonyl (C=O) groups is 1. The SMILES string of the molecule is O=C(O)c1cc(SCCc2ccccn2)ccc1Br. The minimum absolute atomic E-state index is 0.294. The first-order valence-corrected chi connectivity index (χ1v) is 7.50. The zero-order chi connectivity index (χ0) is 13.7. The highest BCUT2D eigenvalue weighted by molar-refractivity contribution is 9.10. The fraction of sp³-hybridized carbons (Fsp3) is 0.143. The molecule has 0 unspecified atom stereocenters. The monoisotopic (exact) mass is 337 g/mol. The number of aromatic nitrogens is 1. The Morgan fingerprint density at radius 1 is 1.32 bits per heavy atom. The van der Waals surface area contributed by atoms with Gasteiger partial charge in [0.15, 0.2) is 0 Å². The summed E-state index contributed by atoms with van der Waals surface area (Å²) in [6.45, 7) is 0. The van der Waals surface area contributed by atoms with Crippen molar-refractivity contribution in [2.24, 2.45) is 0 Å². The lowest BCUT2D eigenvalue weighted by Gasteiger charge is -2.04. The molecule has 0 saturated heterocycles. The van der Waals surface area contributed by atoms with Crippen LogP contribution >= 0.6 is 27.7 Å². The number of pyridine rings is 1. The molecule has 0 fully saturated rings. The van der Waals surface area contributed by atoms with Gasteiger partial charge in [-0.05, 0) is 52.7 Å². The van der Waals surface area contributed by atoms with Crippen LogP contribution in [0.5, 0.6) is 0 Å². The lowest BCUT2D eigenvalue weighted by molar-refractivity contribution is 0.0695. The molecular weight excluding hydrogens is 326 g/mol. The Bertz CT molecular complexity index is 575. The first-order valence-electron chi connectivity index (χ1n) is 5.72. The molecule has 0 aliphatic carbocycles. The van der Waals surface area contributed by atoms with E-state index in [9.17, 15) is 4.79 Å². The second-order valence-corrected chi connectivity index (χ2v) is 5.89. The van der Waals surface area contributed by atoms with Crippen LogP contribution in [-0.2, 0) is 6.42 Å². The number of hydrogen-bond donors (Lipinski definition) is 1. The summed E-state index contributed by atoms with van der Waals surface area (Å²) in [6.07, 6.45) is 2.64. The smallest absolute Gasteiger partial charge is 0.336 e. The molecule has 0 bridgehead atoms. The van der Waals surface area contributed by atoms with Crippen LogP contribution in [0.15, 0.2) is 52.0 Å². The van der Waals surface area contributed by atoms with E-state index in [4.69, 9.17) is 5.11 Å². The normalized spacial score (nSPS) is 10.4. The van der Waals surface area contributed by atoms with Crippen LogP contribution in [-0.4, -0.2) is 21.8 Å². The second kappa shape index (κ2) is 6.73. The molecule has 98 valence electrons. The number of aryl methyl sites for hydroxylation is 1. The highest BCUT2D eigenvalue weighted by Crippen LogP contribution is 2.25. The van der Waals surface area contributed by atoms with Gasteiger partial charge in [0.2, 0.25) is 0 Å². The van der Waals surface area contributed by atoms with Gasteiger partial charge in [0.25, 0.3) is 0 Å². The maximum Gasteiger partial charge on any atom is 0.336 e. The molecule has 2 aromatic rings. The van der Waals surface area contributed by atoms with Crippen molar-refractivity contribution in [1.29, 1.82) is 0 Å². The number of benzene rings is 1. The summed E-state index contributed by atoms with van der Waals surface area (Å²) in [5.74, 6) is -0.0448. The Balaban J connectivity index is 1.97. The Kier molecular flexibility index (Phi) is 4.99. The predicted octanol–water partition coefficient (Wildman–Crippen LogP) is 3.88. The minimum Gasteiger partial charge on any atom is -0.478 e. The van der Waals surface area contributed by atoms with Gasteiger partial charge >= 0.3 is 5.97 Å². The Morgan fingerprint density at radius 2 is 2.16 bits per heavy atom. The number of thioether (sulfide) groups is 1. The third-order valence-corrected chi connectivity index (χ3v) is 4.21. The maximum absolute atomic E-state index is 11.0. The van der Waals surface area contributed by atoms with E-state index in [2.05, 4.69) is 20.9 Å². The van der Waals surface area contributed by atoms with Gasteiger partial charge in [-0.15, -0.1) is 11.8 Å². The van der Waals surface area contributed by atoms with E-state index >= 15 is 0 Å². The van der Waals surface area contributed by atoms with E-state index in [0.717, 1.165) is 22.8 Å². The first kappa shape index (κ1) is 14.1. The molecule has 0 radical (unpaired) electrons. The van der Waals surface area contributed by atoms with Crippen molar-refractivity contribution < 1.29 is 9.90 Å². The number of aromatic carboxylic acids is 1. The number of halogens is 1. The largest absolute Gasteiger partial charge is 0.478 e. The average molecular weight is 338 g/mol. The highest BCUT2D eigenvalue weighted by Gasteiger charge is 2.09. The van der Waals surface area contributed by atoms with Gasteiger partial charge in [-0.1, -0.05) is 6.07 Å². The van der Waals surface area contributed by atoms with E-state index in [0.29, 0.717) is 10.0 Å². The molecule has 1 N–H and O–H groups in total. The standard InChI is InChI=1S/C14H12BrNO2S/c15-13-5-4-11(9-12(13)14(17)18)19-8-6-10-3-1-2-7-16-10/h1-5,7,9H,6,8H2,(H,17,18). The molecule has 3 nitrogen and oxygen atoms in total.